The van der Waals surface area contributed by atoms with Gasteiger partial charge in [0.15, 0.2) is 5.58 Å². The Bertz CT molecular complexity index is 576. The van der Waals surface area contributed by atoms with Crippen LogP contribution in [0.2, 0.25) is 0 Å². The molecule has 2 heterocycles. The minimum atomic E-state index is -0.281. The zero-order valence-corrected chi connectivity index (χ0v) is 11.5. The van der Waals surface area contributed by atoms with Gasteiger partial charge in [0.1, 0.15) is 5.82 Å². The van der Waals surface area contributed by atoms with Crippen molar-refractivity contribution in [2.75, 3.05) is 26.2 Å². The molecule has 0 spiro atoms. The Balaban J connectivity index is 1.70. The zero-order valence-electron chi connectivity index (χ0n) is 11.5. The van der Waals surface area contributed by atoms with Crippen LogP contribution in [-0.4, -0.2) is 36.2 Å². The number of benzene rings is 1. The van der Waals surface area contributed by atoms with Crippen molar-refractivity contribution in [1.29, 1.82) is 0 Å². The van der Waals surface area contributed by atoms with E-state index in [9.17, 15) is 4.39 Å². The zero-order chi connectivity index (χ0) is 13.9. The fourth-order valence-corrected chi connectivity index (χ4v) is 2.97. The molecule has 0 aliphatic carbocycles. The Morgan fingerprint density at radius 1 is 1.35 bits per heavy atom. The Hall–Kier alpha value is -1.46. The number of hydrogen-bond acceptors (Lipinski definition) is 4. The van der Waals surface area contributed by atoms with Crippen LogP contribution in [0.3, 0.4) is 0 Å². The molecule has 4 nitrogen and oxygen atoms in total. The largest absolute Gasteiger partial charge is 0.356 e. The molecule has 3 rings (SSSR count). The number of aromatic nitrogens is 1. The van der Waals surface area contributed by atoms with E-state index in [2.05, 4.69) is 10.1 Å². The molecule has 0 atom stereocenters. The quantitative estimate of drug-likeness (QED) is 0.933. The molecule has 5 heteroatoms. The first-order valence-corrected chi connectivity index (χ1v) is 7.25. The Labute approximate surface area is 117 Å². The highest BCUT2D eigenvalue weighted by Gasteiger charge is 2.24. The number of hydrogen-bond donors (Lipinski definition) is 1. The highest BCUT2D eigenvalue weighted by Crippen LogP contribution is 2.32. The normalized spacial score (nSPS) is 17.9. The highest BCUT2D eigenvalue weighted by atomic mass is 19.1. The number of fused-ring (bicyclic) bond motifs is 1. The van der Waals surface area contributed by atoms with Gasteiger partial charge in [-0.15, -0.1) is 0 Å². The van der Waals surface area contributed by atoms with Gasteiger partial charge in [-0.3, -0.25) is 0 Å². The lowest BCUT2D eigenvalue weighted by molar-refractivity contribution is 0.208. The first-order valence-electron chi connectivity index (χ1n) is 7.25. The molecule has 0 unspecified atom stereocenters. The van der Waals surface area contributed by atoms with Gasteiger partial charge in [-0.05, 0) is 57.6 Å². The second-order valence-electron chi connectivity index (χ2n) is 5.47. The molecule has 0 saturated carbocycles. The van der Waals surface area contributed by atoms with E-state index < -0.39 is 0 Å². The number of nitrogens with zero attached hydrogens (tertiary/aromatic N) is 2. The van der Waals surface area contributed by atoms with Crippen molar-refractivity contribution in [1.82, 2.24) is 10.1 Å². The van der Waals surface area contributed by atoms with Crippen LogP contribution in [-0.2, 0) is 0 Å². The van der Waals surface area contributed by atoms with Crippen LogP contribution in [0.5, 0.6) is 0 Å². The second-order valence-corrected chi connectivity index (χ2v) is 5.47. The molecular weight excluding hydrogens is 257 g/mol. The fourth-order valence-electron chi connectivity index (χ4n) is 2.97. The van der Waals surface area contributed by atoms with Gasteiger partial charge in [-0.2, -0.15) is 0 Å². The Morgan fingerprint density at radius 2 is 2.15 bits per heavy atom. The third kappa shape index (κ3) is 2.69. The molecule has 108 valence electrons. The highest BCUT2D eigenvalue weighted by molar-refractivity contribution is 5.79. The Kier molecular flexibility index (Phi) is 3.98. The minimum absolute atomic E-state index is 0.281. The summed E-state index contributed by atoms with van der Waals surface area (Å²) in [7, 11) is 0. The van der Waals surface area contributed by atoms with Crippen molar-refractivity contribution in [2.24, 2.45) is 5.73 Å². The molecule has 2 N–H and O–H groups in total. The van der Waals surface area contributed by atoms with Gasteiger partial charge < -0.3 is 15.2 Å². The molecule has 1 saturated heterocycles. The molecule has 0 bridgehead atoms. The molecule has 1 aliphatic heterocycles. The van der Waals surface area contributed by atoms with Gasteiger partial charge in [0.25, 0.3) is 0 Å². The van der Waals surface area contributed by atoms with Crippen molar-refractivity contribution < 1.29 is 8.91 Å². The lowest BCUT2D eigenvalue weighted by Crippen LogP contribution is -2.34. The summed E-state index contributed by atoms with van der Waals surface area (Å²) in [5, 5.41) is 5.12. The molecule has 1 fully saturated rings. The first-order chi connectivity index (χ1) is 9.78. The summed E-state index contributed by atoms with van der Waals surface area (Å²) in [4.78, 5) is 2.45. The SMILES string of the molecule is NCCCN1CCC(c2noc3cc(F)ccc23)CC1. The predicted octanol–water partition coefficient (Wildman–Crippen LogP) is 2.50. The van der Waals surface area contributed by atoms with E-state index in [4.69, 9.17) is 10.3 Å². The third-order valence-corrected chi connectivity index (χ3v) is 4.11. The smallest absolute Gasteiger partial charge is 0.170 e. The predicted molar refractivity (Wildman–Crippen MR) is 76.1 cm³/mol. The van der Waals surface area contributed by atoms with Crippen molar-refractivity contribution in [3.8, 4) is 0 Å². The number of piperidine rings is 1. The topological polar surface area (TPSA) is 55.3 Å². The number of nitrogens with two attached hydrogens (primary N) is 1. The summed E-state index contributed by atoms with van der Waals surface area (Å²) in [6.45, 7) is 3.97. The van der Waals surface area contributed by atoms with E-state index in [-0.39, 0.29) is 5.82 Å². The van der Waals surface area contributed by atoms with Crippen LogP contribution in [0.4, 0.5) is 4.39 Å². The summed E-state index contributed by atoms with van der Waals surface area (Å²) in [5.41, 5.74) is 7.08. The molecule has 1 aliphatic rings. The third-order valence-electron chi connectivity index (χ3n) is 4.11. The summed E-state index contributed by atoms with van der Waals surface area (Å²) in [5.74, 6) is 0.132. The monoisotopic (exact) mass is 277 g/mol. The van der Waals surface area contributed by atoms with Gasteiger partial charge in [0, 0.05) is 17.4 Å². The lowest BCUT2D eigenvalue weighted by Gasteiger charge is -2.30. The van der Waals surface area contributed by atoms with Gasteiger partial charge in [0.2, 0.25) is 0 Å². The van der Waals surface area contributed by atoms with Crippen molar-refractivity contribution >= 4 is 11.0 Å². The standard InChI is InChI=1S/C15H20FN3O/c16-12-2-3-13-14(10-12)20-18-15(13)11-4-8-19(9-5-11)7-1-6-17/h2-3,10-11H,1,4-9,17H2. The number of rotatable bonds is 4. The molecule has 20 heavy (non-hydrogen) atoms. The maximum atomic E-state index is 13.2. The van der Waals surface area contributed by atoms with Gasteiger partial charge in [-0.25, -0.2) is 4.39 Å². The second kappa shape index (κ2) is 5.89. The number of likely N-dealkylation sites (tertiary alicyclic amines) is 1. The maximum absolute atomic E-state index is 13.2. The van der Waals surface area contributed by atoms with E-state index >= 15 is 0 Å². The van der Waals surface area contributed by atoms with E-state index in [1.807, 2.05) is 0 Å². The number of halogens is 1. The summed E-state index contributed by atoms with van der Waals surface area (Å²) >= 11 is 0. The van der Waals surface area contributed by atoms with Gasteiger partial charge >= 0.3 is 0 Å². The van der Waals surface area contributed by atoms with Crippen LogP contribution in [0.1, 0.15) is 30.9 Å². The van der Waals surface area contributed by atoms with Crippen LogP contribution >= 0.6 is 0 Å². The van der Waals surface area contributed by atoms with Crippen LogP contribution < -0.4 is 5.73 Å². The van der Waals surface area contributed by atoms with E-state index in [0.717, 1.165) is 56.5 Å². The molecule has 1 aromatic heterocycles. The minimum Gasteiger partial charge on any atom is -0.356 e. The molecule has 1 aromatic carbocycles. The molecular formula is C15H20FN3O. The molecule has 0 radical (unpaired) electrons. The van der Waals surface area contributed by atoms with E-state index in [1.54, 1.807) is 6.07 Å². The molecule has 0 amide bonds. The van der Waals surface area contributed by atoms with E-state index in [1.165, 1.54) is 12.1 Å². The van der Waals surface area contributed by atoms with Crippen molar-refractivity contribution in [2.45, 2.75) is 25.2 Å². The summed E-state index contributed by atoms with van der Waals surface area (Å²) in [6, 6.07) is 4.65. The van der Waals surface area contributed by atoms with Gasteiger partial charge in [0.05, 0.1) is 5.69 Å². The van der Waals surface area contributed by atoms with Crippen molar-refractivity contribution in [3.63, 3.8) is 0 Å². The van der Waals surface area contributed by atoms with Gasteiger partial charge in [-0.1, -0.05) is 5.16 Å². The maximum Gasteiger partial charge on any atom is 0.170 e. The lowest BCUT2D eigenvalue weighted by atomic mass is 9.91. The Morgan fingerprint density at radius 3 is 2.90 bits per heavy atom. The van der Waals surface area contributed by atoms with Crippen molar-refractivity contribution in [3.05, 3.63) is 29.7 Å². The first kappa shape index (κ1) is 13.5. The fraction of sp³-hybridized carbons (Fsp3) is 0.533. The molecule has 2 aromatic rings. The van der Waals surface area contributed by atoms with Crippen LogP contribution in [0.25, 0.3) is 11.0 Å². The van der Waals surface area contributed by atoms with E-state index in [0.29, 0.717) is 11.5 Å². The van der Waals surface area contributed by atoms with Crippen LogP contribution in [0.15, 0.2) is 22.7 Å². The average Bonchev–Trinajstić information content (AvgIpc) is 2.88. The summed E-state index contributed by atoms with van der Waals surface area (Å²) in [6.07, 6.45) is 3.20. The average molecular weight is 277 g/mol. The van der Waals surface area contributed by atoms with Crippen LogP contribution in [0, 0.1) is 5.82 Å². The summed E-state index contributed by atoms with van der Waals surface area (Å²) < 4.78 is 18.4.